The fraction of sp³-hybridized carbons (Fsp3) is 0.182. The van der Waals surface area contributed by atoms with Crippen LogP contribution >= 0.6 is 0 Å². The van der Waals surface area contributed by atoms with Crippen molar-refractivity contribution in [1.29, 1.82) is 0 Å². The number of pyridine rings is 1. The van der Waals surface area contributed by atoms with Gasteiger partial charge in [0, 0.05) is 31.9 Å². The van der Waals surface area contributed by atoms with Crippen molar-refractivity contribution in [1.82, 2.24) is 20.1 Å². The van der Waals surface area contributed by atoms with Crippen LogP contribution in [0.15, 0.2) is 30.6 Å². The summed E-state index contributed by atoms with van der Waals surface area (Å²) in [6, 6.07) is 5.16. The summed E-state index contributed by atoms with van der Waals surface area (Å²) in [5.74, 6) is 1.27. The molecule has 0 aliphatic carbocycles. The zero-order valence-electron chi connectivity index (χ0n) is 9.64. The van der Waals surface area contributed by atoms with Gasteiger partial charge in [-0.05, 0) is 12.1 Å². The van der Waals surface area contributed by atoms with Gasteiger partial charge >= 0.3 is 0 Å². The Hall–Kier alpha value is -2.37. The van der Waals surface area contributed by atoms with Crippen molar-refractivity contribution in [2.75, 3.05) is 19.4 Å². The van der Waals surface area contributed by atoms with Gasteiger partial charge in [0.1, 0.15) is 11.6 Å². The molecule has 0 aromatic carbocycles. The van der Waals surface area contributed by atoms with E-state index < -0.39 is 0 Å². The predicted molar refractivity (Wildman–Crippen MR) is 64.1 cm³/mol. The topological polar surface area (TPSA) is 73.9 Å². The Bertz CT molecular complexity index is 506. The maximum Gasteiger partial charge on any atom is 0.253 e. The van der Waals surface area contributed by atoms with Gasteiger partial charge in [0.2, 0.25) is 0 Å². The first-order chi connectivity index (χ1) is 8.16. The van der Waals surface area contributed by atoms with Crippen LogP contribution in [-0.2, 0) is 0 Å². The highest BCUT2D eigenvalue weighted by Gasteiger charge is 2.08. The van der Waals surface area contributed by atoms with Crippen LogP contribution in [0.4, 0.5) is 11.6 Å². The molecule has 2 N–H and O–H groups in total. The van der Waals surface area contributed by atoms with E-state index in [4.69, 9.17) is 0 Å². The van der Waals surface area contributed by atoms with Crippen LogP contribution in [0.25, 0.3) is 0 Å². The molecular weight excluding hydrogens is 218 g/mol. The molecule has 6 heteroatoms. The highest BCUT2D eigenvalue weighted by molar-refractivity contribution is 5.94. The van der Waals surface area contributed by atoms with Gasteiger partial charge in [-0.2, -0.15) is 5.10 Å². The Morgan fingerprint density at radius 2 is 2.18 bits per heavy atom. The second kappa shape index (κ2) is 4.65. The monoisotopic (exact) mass is 231 g/mol. The summed E-state index contributed by atoms with van der Waals surface area (Å²) in [5, 5.41) is 9.59. The van der Waals surface area contributed by atoms with E-state index in [1.54, 1.807) is 44.7 Å². The van der Waals surface area contributed by atoms with Crippen molar-refractivity contribution in [3.63, 3.8) is 0 Å². The lowest BCUT2D eigenvalue weighted by Crippen LogP contribution is -2.21. The van der Waals surface area contributed by atoms with Crippen molar-refractivity contribution in [2.45, 2.75) is 0 Å². The minimum atomic E-state index is -0.0555. The van der Waals surface area contributed by atoms with Crippen molar-refractivity contribution in [3.8, 4) is 0 Å². The third-order valence-electron chi connectivity index (χ3n) is 2.18. The Kier molecular flexibility index (Phi) is 3.04. The minimum Gasteiger partial charge on any atom is -0.345 e. The normalized spacial score (nSPS) is 10.0. The smallest absolute Gasteiger partial charge is 0.253 e. The highest BCUT2D eigenvalue weighted by atomic mass is 16.2. The lowest BCUT2D eigenvalue weighted by molar-refractivity contribution is 0.0827. The molecule has 0 spiro atoms. The minimum absolute atomic E-state index is 0.0555. The number of hydrogen-bond donors (Lipinski definition) is 2. The molecule has 2 rings (SSSR count). The number of hydrogen-bond acceptors (Lipinski definition) is 4. The van der Waals surface area contributed by atoms with Crippen molar-refractivity contribution in [2.24, 2.45) is 0 Å². The summed E-state index contributed by atoms with van der Waals surface area (Å²) in [6.45, 7) is 0. The van der Waals surface area contributed by atoms with Gasteiger partial charge in [-0.15, -0.1) is 0 Å². The Morgan fingerprint density at radius 3 is 2.82 bits per heavy atom. The van der Waals surface area contributed by atoms with E-state index in [9.17, 15) is 4.79 Å². The van der Waals surface area contributed by atoms with Crippen molar-refractivity contribution >= 4 is 17.5 Å². The summed E-state index contributed by atoms with van der Waals surface area (Å²) in [6.07, 6.45) is 3.23. The van der Waals surface area contributed by atoms with E-state index in [-0.39, 0.29) is 5.91 Å². The molecule has 0 radical (unpaired) electrons. The SMILES string of the molecule is CN(C)C(=O)c1ccnc(Nc2ccn[nH]2)c1. The van der Waals surface area contributed by atoms with Crippen LogP contribution in [0.3, 0.4) is 0 Å². The summed E-state index contributed by atoms with van der Waals surface area (Å²) in [5.41, 5.74) is 0.590. The number of nitrogens with one attached hydrogen (secondary N) is 2. The maximum absolute atomic E-state index is 11.7. The molecule has 0 saturated heterocycles. The molecule has 2 aromatic heterocycles. The highest BCUT2D eigenvalue weighted by Crippen LogP contribution is 2.13. The first kappa shape index (κ1) is 11.1. The number of carbonyl (C=O) groups is 1. The van der Waals surface area contributed by atoms with E-state index in [0.29, 0.717) is 11.4 Å². The van der Waals surface area contributed by atoms with Gasteiger partial charge in [-0.1, -0.05) is 0 Å². The van der Waals surface area contributed by atoms with Crippen LogP contribution in [0.1, 0.15) is 10.4 Å². The van der Waals surface area contributed by atoms with Gasteiger partial charge < -0.3 is 10.2 Å². The number of amides is 1. The van der Waals surface area contributed by atoms with E-state index in [1.807, 2.05) is 0 Å². The molecule has 1 amide bonds. The van der Waals surface area contributed by atoms with Gasteiger partial charge in [0.25, 0.3) is 5.91 Å². The number of aromatic nitrogens is 3. The van der Waals surface area contributed by atoms with Crippen LogP contribution in [0.5, 0.6) is 0 Å². The van der Waals surface area contributed by atoms with E-state index >= 15 is 0 Å². The number of H-pyrrole nitrogens is 1. The van der Waals surface area contributed by atoms with Gasteiger partial charge in [-0.3, -0.25) is 9.89 Å². The standard InChI is InChI=1S/C11H13N5O/c1-16(2)11(17)8-3-5-12-10(7-8)14-9-4-6-13-15-9/h3-7H,1-2H3,(H2,12,13,14,15). The Labute approximate surface area is 98.7 Å². The largest absolute Gasteiger partial charge is 0.345 e. The third-order valence-corrected chi connectivity index (χ3v) is 2.18. The Morgan fingerprint density at radius 1 is 1.35 bits per heavy atom. The lowest BCUT2D eigenvalue weighted by atomic mass is 10.2. The summed E-state index contributed by atoms with van der Waals surface area (Å²) in [7, 11) is 3.43. The molecule has 0 aliphatic rings. The fourth-order valence-electron chi connectivity index (χ4n) is 1.35. The predicted octanol–water partition coefficient (Wildman–Crippen LogP) is 1.25. The number of rotatable bonds is 3. The summed E-state index contributed by atoms with van der Waals surface area (Å²) in [4.78, 5) is 17.4. The summed E-state index contributed by atoms with van der Waals surface area (Å²) < 4.78 is 0. The maximum atomic E-state index is 11.7. The first-order valence-electron chi connectivity index (χ1n) is 5.11. The number of aromatic amines is 1. The molecule has 0 atom stereocenters. The van der Waals surface area contributed by atoms with E-state index in [0.717, 1.165) is 5.82 Å². The summed E-state index contributed by atoms with van der Waals surface area (Å²) >= 11 is 0. The molecule has 2 aromatic rings. The molecule has 0 fully saturated rings. The number of carbonyl (C=O) groups excluding carboxylic acids is 1. The third kappa shape index (κ3) is 2.60. The van der Waals surface area contributed by atoms with Crippen LogP contribution in [0, 0.1) is 0 Å². The molecule has 17 heavy (non-hydrogen) atoms. The molecule has 0 unspecified atom stereocenters. The van der Waals surface area contributed by atoms with Gasteiger partial charge in [0.15, 0.2) is 0 Å². The number of anilines is 2. The second-order valence-electron chi connectivity index (χ2n) is 3.72. The van der Waals surface area contributed by atoms with Gasteiger partial charge in [-0.25, -0.2) is 4.98 Å². The number of nitrogens with zero attached hydrogens (tertiary/aromatic N) is 3. The zero-order valence-corrected chi connectivity index (χ0v) is 9.64. The molecule has 88 valence electrons. The van der Waals surface area contributed by atoms with Gasteiger partial charge in [0.05, 0.1) is 6.20 Å². The van der Waals surface area contributed by atoms with Crippen LogP contribution in [0.2, 0.25) is 0 Å². The molecular formula is C11H13N5O. The average molecular weight is 231 g/mol. The van der Waals surface area contributed by atoms with Crippen LogP contribution < -0.4 is 5.32 Å². The first-order valence-corrected chi connectivity index (χ1v) is 5.11. The zero-order chi connectivity index (χ0) is 12.3. The molecule has 0 aliphatic heterocycles. The van der Waals surface area contributed by atoms with Crippen molar-refractivity contribution < 1.29 is 4.79 Å². The lowest BCUT2D eigenvalue weighted by Gasteiger charge is -2.10. The van der Waals surface area contributed by atoms with Crippen molar-refractivity contribution in [3.05, 3.63) is 36.2 Å². The second-order valence-corrected chi connectivity index (χ2v) is 3.72. The fourth-order valence-corrected chi connectivity index (χ4v) is 1.35. The molecule has 6 nitrogen and oxygen atoms in total. The average Bonchev–Trinajstić information content (AvgIpc) is 2.81. The van der Waals surface area contributed by atoms with E-state index in [2.05, 4.69) is 20.5 Å². The molecule has 0 bridgehead atoms. The molecule has 0 saturated carbocycles. The van der Waals surface area contributed by atoms with Crippen LogP contribution in [-0.4, -0.2) is 40.1 Å². The van der Waals surface area contributed by atoms with E-state index in [1.165, 1.54) is 4.90 Å². The Balaban J connectivity index is 2.20. The molecule has 2 heterocycles. The quantitative estimate of drug-likeness (QED) is 0.833.